The van der Waals surface area contributed by atoms with Crippen molar-refractivity contribution in [1.29, 1.82) is 0 Å². The second kappa shape index (κ2) is 9.66. The number of thiazole rings is 1. The van der Waals surface area contributed by atoms with Gasteiger partial charge in [-0.15, -0.1) is 11.3 Å². The van der Waals surface area contributed by atoms with Crippen molar-refractivity contribution in [2.75, 3.05) is 12.4 Å². The Morgan fingerprint density at radius 3 is 2.56 bits per heavy atom. The molecule has 1 unspecified atom stereocenters. The van der Waals surface area contributed by atoms with Gasteiger partial charge in [0.2, 0.25) is 5.88 Å². The van der Waals surface area contributed by atoms with Gasteiger partial charge in [-0.05, 0) is 0 Å². The molecule has 0 aliphatic heterocycles. The van der Waals surface area contributed by atoms with Crippen LogP contribution in [0, 0.1) is 0 Å². The molecule has 0 aliphatic carbocycles. The predicted octanol–water partition coefficient (Wildman–Crippen LogP) is 4.31. The summed E-state index contributed by atoms with van der Waals surface area (Å²) in [5.74, 6) is -0.266. The SMILES string of the molecule is COc1ncnc(C(=O)CC(C)c2ncc(C(=O)Nc3cc(C(C)(C)C)ncn3)s2)c1Cl. The minimum absolute atomic E-state index is 0.0749. The average molecular weight is 475 g/mol. The number of nitrogens with one attached hydrogen (secondary N) is 1. The third kappa shape index (κ3) is 5.43. The van der Waals surface area contributed by atoms with Crippen molar-refractivity contribution in [2.45, 2.75) is 45.4 Å². The topological polar surface area (TPSA) is 120 Å². The van der Waals surface area contributed by atoms with Gasteiger partial charge in [-0.3, -0.25) is 9.59 Å². The summed E-state index contributed by atoms with van der Waals surface area (Å²) in [7, 11) is 1.42. The van der Waals surface area contributed by atoms with Gasteiger partial charge in [-0.1, -0.05) is 39.3 Å². The zero-order valence-electron chi connectivity index (χ0n) is 18.3. The molecule has 0 bridgehead atoms. The lowest BCUT2D eigenvalue weighted by Gasteiger charge is -2.17. The Morgan fingerprint density at radius 2 is 1.88 bits per heavy atom. The largest absolute Gasteiger partial charge is 0.480 e. The van der Waals surface area contributed by atoms with Crippen molar-refractivity contribution < 1.29 is 14.3 Å². The molecule has 0 fully saturated rings. The molecule has 32 heavy (non-hydrogen) atoms. The van der Waals surface area contributed by atoms with E-state index in [-0.39, 0.29) is 46.0 Å². The summed E-state index contributed by atoms with van der Waals surface area (Å²) in [5, 5.41) is 3.50. The normalized spacial score (nSPS) is 12.3. The Hall–Kier alpha value is -2.98. The quantitative estimate of drug-likeness (QED) is 0.503. The number of carbonyl (C=O) groups is 2. The van der Waals surface area contributed by atoms with E-state index < -0.39 is 0 Å². The van der Waals surface area contributed by atoms with Gasteiger partial charge >= 0.3 is 0 Å². The zero-order chi connectivity index (χ0) is 23.5. The lowest BCUT2D eigenvalue weighted by atomic mass is 9.92. The fourth-order valence-corrected chi connectivity index (χ4v) is 3.93. The minimum atomic E-state index is -0.325. The number of ketones is 1. The van der Waals surface area contributed by atoms with Gasteiger partial charge in [0.15, 0.2) is 5.78 Å². The Bertz CT molecular complexity index is 1140. The molecule has 1 N–H and O–H groups in total. The van der Waals surface area contributed by atoms with Crippen LogP contribution in [0.4, 0.5) is 5.82 Å². The summed E-state index contributed by atoms with van der Waals surface area (Å²) < 4.78 is 5.03. The van der Waals surface area contributed by atoms with Crippen molar-refractivity contribution in [3.05, 3.63) is 51.2 Å². The first-order valence-corrected chi connectivity index (χ1v) is 11.0. The molecule has 11 heteroatoms. The molecule has 9 nitrogen and oxygen atoms in total. The van der Waals surface area contributed by atoms with Crippen LogP contribution in [0.2, 0.25) is 5.02 Å². The summed E-state index contributed by atoms with van der Waals surface area (Å²) >= 11 is 7.37. The smallest absolute Gasteiger partial charge is 0.268 e. The predicted molar refractivity (Wildman–Crippen MR) is 122 cm³/mol. The van der Waals surface area contributed by atoms with Crippen LogP contribution < -0.4 is 10.1 Å². The molecule has 3 heterocycles. The maximum Gasteiger partial charge on any atom is 0.268 e. The molecule has 3 aromatic rings. The highest BCUT2D eigenvalue weighted by Gasteiger charge is 2.23. The van der Waals surface area contributed by atoms with Gasteiger partial charge in [-0.2, -0.15) is 0 Å². The minimum Gasteiger partial charge on any atom is -0.480 e. The number of halogens is 1. The van der Waals surface area contributed by atoms with Crippen LogP contribution in [-0.4, -0.2) is 43.7 Å². The number of Topliss-reactive ketones (excluding diaryl/α,β-unsaturated/α-hetero) is 1. The van der Waals surface area contributed by atoms with E-state index in [1.807, 2.05) is 27.7 Å². The number of aromatic nitrogens is 5. The van der Waals surface area contributed by atoms with Crippen LogP contribution in [0.5, 0.6) is 5.88 Å². The molecule has 1 amide bonds. The summed E-state index contributed by atoms with van der Waals surface area (Å²) in [6.07, 6.45) is 4.26. The van der Waals surface area contributed by atoms with Crippen molar-refractivity contribution in [3.8, 4) is 5.88 Å². The third-order valence-corrected chi connectivity index (χ3v) is 6.12. The van der Waals surface area contributed by atoms with E-state index in [2.05, 4.69) is 30.2 Å². The van der Waals surface area contributed by atoms with Gasteiger partial charge in [0.05, 0.1) is 24.0 Å². The van der Waals surface area contributed by atoms with E-state index in [9.17, 15) is 9.59 Å². The second-order valence-electron chi connectivity index (χ2n) is 8.13. The number of carbonyl (C=O) groups excluding carboxylic acids is 2. The van der Waals surface area contributed by atoms with E-state index in [4.69, 9.17) is 16.3 Å². The maximum absolute atomic E-state index is 12.7. The van der Waals surface area contributed by atoms with Crippen LogP contribution in [0.25, 0.3) is 0 Å². The summed E-state index contributed by atoms with van der Waals surface area (Å²) in [4.78, 5) is 46.3. The molecule has 0 spiro atoms. The van der Waals surface area contributed by atoms with Gasteiger partial charge in [0, 0.05) is 23.8 Å². The fourth-order valence-electron chi connectivity index (χ4n) is 2.79. The van der Waals surface area contributed by atoms with Crippen molar-refractivity contribution in [3.63, 3.8) is 0 Å². The van der Waals surface area contributed by atoms with E-state index >= 15 is 0 Å². The van der Waals surface area contributed by atoms with Crippen LogP contribution in [0.15, 0.2) is 24.9 Å². The lowest BCUT2D eigenvalue weighted by molar-refractivity contribution is 0.0969. The summed E-state index contributed by atoms with van der Waals surface area (Å²) in [6.45, 7) is 7.95. The van der Waals surface area contributed by atoms with E-state index in [0.29, 0.717) is 15.7 Å². The van der Waals surface area contributed by atoms with Crippen LogP contribution in [-0.2, 0) is 5.41 Å². The summed E-state index contributed by atoms with van der Waals surface area (Å²) in [5.41, 5.74) is 0.747. The van der Waals surface area contributed by atoms with Crippen molar-refractivity contribution in [2.24, 2.45) is 0 Å². The Labute approximate surface area is 194 Å². The number of anilines is 1. The van der Waals surface area contributed by atoms with Crippen molar-refractivity contribution >= 4 is 40.4 Å². The summed E-state index contributed by atoms with van der Waals surface area (Å²) in [6, 6.07) is 1.75. The first-order valence-electron chi connectivity index (χ1n) is 9.77. The Morgan fingerprint density at radius 1 is 1.16 bits per heavy atom. The number of amides is 1. The number of rotatable bonds is 7. The number of methoxy groups -OCH3 is 1. The Balaban J connectivity index is 1.69. The maximum atomic E-state index is 12.7. The molecule has 0 aliphatic rings. The molecular formula is C21H23ClN6O3S. The molecule has 3 rings (SSSR count). The highest BCUT2D eigenvalue weighted by Crippen LogP contribution is 2.29. The number of hydrogen-bond acceptors (Lipinski definition) is 9. The van der Waals surface area contributed by atoms with Crippen molar-refractivity contribution in [1.82, 2.24) is 24.9 Å². The number of nitrogens with zero attached hydrogens (tertiary/aromatic N) is 5. The van der Waals surface area contributed by atoms with E-state index in [1.54, 1.807) is 6.07 Å². The molecule has 0 saturated carbocycles. The lowest BCUT2D eigenvalue weighted by Crippen LogP contribution is -2.16. The number of ether oxygens (including phenoxy) is 1. The molecular weight excluding hydrogens is 452 g/mol. The standard InChI is InChI=1S/C21H23ClN6O3S/c1-11(6-12(29)17-16(22)19(31-5)27-10-26-17)20-23-8-13(32-20)18(30)28-15-7-14(21(2,3)4)24-9-25-15/h7-11H,6H2,1-5H3,(H,24,25,28,30). The highest BCUT2D eigenvalue weighted by molar-refractivity contribution is 7.13. The monoisotopic (exact) mass is 474 g/mol. The highest BCUT2D eigenvalue weighted by atomic mass is 35.5. The molecule has 0 radical (unpaired) electrons. The van der Waals surface area contributed by atoms with Gasteiger partial charge in [0.25, 0.3) is 5.91 Å². The van der Waals surface area contributed by atoms with Crippen LogP contribution in [0.1, 0.15) is 70.9 Å². The molecule has 168 valence electrons. The van der Waals surface area contributed by atoms with E-state index in [0.717, 1.165) is 5.69 Å². The van der Waals surface area contributed by atoms with Gasteiger partial charge < -0.3 is 10.1 Å². The van der Waals surface area contributed by atoms with Gasteiger partial charge in [-0.25, -0.2) is 24.9 Å². The first kappa shape index (κ1) is 23.7. The number of hydrogen-bond donors (Lipinski definition) is 1. The molecule has 0 aromatic carbocycles. The van der Waals surface area contributed by atoms with Gasteiger partial charge in [0.1, 0.15) is 34.1 Å². The molecule has 1 atom stereocenters. The van der Waals surface area contributed by atoms with Crippen LogP contribution in [0.3, 0.4) is 0 Å². The fraction of sp³-hybridized carbons (Fsp3) is 0.381. The Kier molecular flexibility index (Phi) is 7.15. The molecule has 3 aromatic heterocycles. The van der Waals surface area contributed by atoms with Crippen LogP contribution >= 0.6 is 22.9 Å². The third-order valence-electron chi connectivity index (χ3n) is 4.55. The average Bonchev–Trinajstić information content (AvgIpc) is 3.24. The first-order chi connectivity index (χ1) is 15.1. The zero-order valence-corrected chi connectivity index (χ0v) is 19.9. The molecule has 0 saturated heterocycles. The van der Waals surface area contributed by atoms with E-state index in [1.165, 1.54) is 37.3 Å². The second-order valence-corrected chi connectivity index (χ2v) is 9.57.